The number of rotatable bonds is 1. The van der Waals surface area contributed by atoms with Crippen LogP contribution in [0.2, 0.25) is 0 Å². The van der Waals surface area contributed by atoms with Gasteiger partial charge < -0.3 is 0 Å². The van der Waals surface area contributed by atoms with Gasteiger partial charge in [-0.2, -0.15) is 10.2 Å². The lowest BCUT2D eigenvalue weighted by molar-refractivity contribution is -0.194. The van der Waals surface area contributed by atoms with Gasteiger partial charge in [0.2, 0.25) is 0 Å². The molecule has 0 radical (unpaired) electrons. The molecule has 0 aliphatic heterocycles. The molecular weight excluding hydrogens is 152 g/mol. The zero-order chi connectivity index (χ0) is 8.27. The maximum atomic E-state index is 12.8. The van der Waals surface area contributed by atoms with Crippen molar-refractivity contribution in [1.82, 2.24) is 0 Å². The van der Waals surface area contributed by atoms with Gasteiger partial charge in [0.25, 0.3) is 0 Å². The Bertz CT molecular complexity index is 168. The van der Waals surface area contributed by atoms with E-state index in [2.05, 4.69) is 4.94 Å². The van der Waals surface area contributed by atoms with Gasteiger partial charge in [0, 0.05) is 6.42 Å². The summed E-state index contributed by atoms with van der Waals surface area (Å²) in [5.41, 5.74) is 0. The topological polar surface area (TPSA) is 33.0 Å². The van der Waals surface area contributed by atoms with Crippen molar-refractivity contribution < 1.29 is 13.9 Å². The largest absolute Gasteiger partial charge is 0.246 e. The molecule has 0 aromatic rings. The van der Waals surface area contributed by atoms with E-state index in [1.54, 1.807) is 0 Å². The number of hydrogen-bond acceptors (Lipinski definition) is 2. The summed E-state index contributed by atoms with van der Waals surface area (Å²) in [4.78, 5) is 3.50. The maximum absolute atomic E-state index is 12.8. The van der Waals surface area contributed by atoms with Crippen LogP contribution in [0, 0.1) is 17.2 Å². The third-order valence-corrected chi connectivity index (χ3v) is 2.02. The van der Waals surface area contributed by atoms with Crippen molar-refractivity contribution in [1.29, 1.82) is 5.26 Å². The zero-order valence-corrected chi connectivity index (χ0v) is 5.96. The fraction of sp³-hybridized carbons (Fsp3) is 0.857. The molecule has 1 fully saturated rings. The highest BCUT2D eigenvalue weighted by Crippen LogP contribution is 2.28. The Morgan fingerprint density at radius 2 is 2.18 bits per heavy atom. The van der Waals surface area contributed by atoms with Gasteiger partial charge in [0.15, 0.2) is 0 Å². The Hall–Kier alpha value is -0.690. The second-order valence-corrected chi connectivity index (χ2v) is 2.78. The monoisotopic (exact) mass is 161 g/mol. The van der Waals surface area contributed by atoms with Crippen LogP contribution in [-0.4, -0.2) is 12.3 Å². The van der Waals surface area contributed by atoms with Crippen molar-refractivity contribution in [3.63, 3.8) is 0 Å². The summed E-state index contributed by atoms with van der Waals surface area (Å²) >= 11 is 0. The Balaban J connectivity index is 2.42. The van der Waals surface area contributed by atoms with Gasteiger partial charge in [0.05, 0.1) is 12.0 Å². The first-order chi connectivity index (χ1) is 5.27. The molecule has 0 N–H and O–H groups in total. The highest BCUT2D eigenvalue weighted by Gasteiger charge is 2.31. The second-order valence-electron chi connectivity index (χ2n) is 2.78. The zero-order valence-electron chi connectivity index (χ0n) is 5.96. The molecule has 1 aliphatic carbocycles. The normalized spacial score (nSPS) is 38.1. The molecule has 3 atom stereocenters. The molecule has 0 spiro atoms. The molecule has 4 heteroatoms. The van der Waals surface area contributed by atoms with E-state index in [4.69, 9.17) is 5.26 Å². The molecule has 0 bridgehead atoms. The van der Waals surface area contributed by atoms with Gasteiger partial charge in [0.1, 0.15) is 12.3 Å². The molecule has 1 saturated carbocycles. The Morgan fingerprint density at radius 3 is 2.64 bits per heavy atom. The Labute approximate surface area is 63.7 Å². The van der Waals surface area contributed by atoms with Gasteiger partial charge in [-0.15, -0.1) is 0 Å². The predicted molar refractivity (Wildman–Crippen MR) is 33.8 cm³/mol. The van der Waals surface area contributed by atoms with Crippen LogP contribution in [0.3, 0.4) is 0 Å². The van der Waals surface area contributed by atoms with E-state index in [9.17, 15) is 8.92 Å². The number of alkyl halides is 1. The van der Waals surface area contributed by atoms with E-state index < -0.39 is 18.2 Å². The summed E-state index contributed by atoms with van der Waals surface area (Å²) in [6.07, 6.45) is -1.03. The van der Waals surface area contributed by atoms with Gasteiger partial charge in [-0.3, -0.25) is 0 Å². The fourth-order valence-electron chi connectivity index (χ4n) is 1.31. The lowest BCUT2D eigenvalue weighted by Gasteiger charge is -2.24. The van der Waals surface area contributed by atoms with Crippen LogP contribution < -0.4 is 0 Å². The first-order valence-electron chi connectivity index (χ1n) is 3.59. The summed E-state index contributed by atoms with van der Waals surface area (Å²) in [5.74, 6) is -0.568. The van der Waals surface area contributed by atoms with Gasteiger partial charge in [-0.25, -0.2) is 4.39 Å². The number of nitriles is 1. The van der Waals surface area contributed by atoms with E-state index >= 15 is 0 Å². The summed E-state index contributed by atoms with van der Waals surface area (Å²) in [6, 6.07) is 1.85. The predicted octanol–water partition coefficient (Wildman–Crippen LogP) is 1.92. The van der Waals surface area contributed by atoms with Crippen LogP contribution >= 0.6 is 0 Å². The summed E-state index contributed by atoms with van der Waals surface area (Å²) in [7, 11) is 0. The minimum atomic E-state index is -1.23. The molecule has 62 valence electrons. The highest BCUT2D eigenvalue weighted by molar-refractivity contribution is 4.93. The SMILES string of the molecule is N#CC1CCC(OF)CC1F. The third-order valence-electron chi connectivity index (χ3n) is 2.02. The quantitative estimate of drug-likeness (QED) is 0.588. The minimum Gasteiger partial charge on any atom is -0.246 e. The van der Waals surface area contributed by atoms with E-state index in [-0.39, 0.29) is 6.42 Å². The van der Waals surface area contributed by atoms with Crippen LogP contribution in [0.25, 0.3) is 0 Å². The van der Waals surface area contributed by atoms with Crippen LogP contribution in [0.4, 0.5) is 8.92 Å². The first kappa shape index (κ1) is 8.41. The van der Waals surface area contributed by atoms with Gasteiger partial charge in [-0.05, 0) is 17.4 Å². The number of halogens is 2. The van der Waals surface area contributed by atoms with E-state index in [1.807, 2.05) is 6.07 Å². The van der Waals surface area contributed by atoms with Crippen molar-refractivity contribution in [2.75, 3.05) is 0 Å². The molecule has 0 heterocycles. The van der Waals surface area contributed by atoms with Crippen LogP contribution in [0.1, 0.15) is 19.3 Å². The lowest BCUT2D eigenvalue weighted by Crippen LogP contribution is -2.28. The average molecular weight is 161 g/mol. The van der Waals surface area contributed by atoms with Crippen molar-refractivity contribution in [2.24, 2.45) is 5.92 Å². The van der Waals surface area contributed by atoms with Crippen molar-refractivity contribution in [3.05, 3.63) is 0 Å². The van der Waals surface area contributed by atoms with Crippen LogP contribution in [-0.2, 0) is 4.94 Å². The van der Waals surface area contributed by atoms with E-state index in [1.165, 1.54) is 0 Å². The lowest BCUT2D eigenvalue weighted by atomic mass is 9.87. The maximum Gasteiger partial charge on any atom is 0.118 e. The summed E-state index contributed by atoms with van der Waals surface area (Å²) in [6.45, 7) is 0. The first-order valence-corrected chi connectivity index (χ1v) is 3.59. The molecule has 2 nitrogen and oxygen atoms in total. The van der Waals surface area contributed by atoms with Gasteiger partial charge >= 0.3 is 0 Å². The average Bonchev–Trinajstić information content (AvgIpc) is 2.04. The Morgan fingerprint density at radius 1 is 1.45 bits per heavy atom. The molecular formula is C7H9F2NO. The third kappa shape index (κ3) is 1.87. The highest BCUT2D eigenvalue weighted by atomic mass is 19.3. The summed E-state index contributed by atoms with van der Waals surface area (Å²) in [5, 5.41) is 8.40. The van der Waals surface area contributed by atoms with Crippen LogP contribution in [0.5, 0.6) is 0 Å². The fourth-order valence-corrected chi connectivity index (χ4v) is 1.31. The molecule has 0 amide bonds. The van der Waals surface area contributed by atoms with Crippen molar-refractivity contribution in [2.45, 2.75) is 31.5 Å². The minimum absolute atomic E-state index is 0.00866. The Kier molecular flexibility index (Phi) is 2.77. The standard InChI is InChI=1S/C7H9F2NO/c8-7-3-6(11-9)2-1-5(7)4-10/h5-7H,1-3H2. The van der Waals surface area contributed by atoms with E-state index in [0.29, 0.717) is 12.8 Å². The molecule has 0 aromatic carbocycles. The van der Waals surface area contributed by atoms with E-state index in [0.717, 1.165) is 0 Å². The van der Waals surface area contributed by atoms with Crippen LogP contribution in [0.15, 0.2) is 0 Å². The molecule has 11 heavy (non-hydrogen) atoms. The molecule has 3 unspecified atom stereocenters. The smallest absolute Gasteiger partial charge is 0.118 e. The molecule has 0 aromatic heterocycles. The summed E-state index contributed by atoms with van der Waals surface area (Å²) < 4.78 is 24.3. The van der Waals surface area contributed by atoms with Crippen molar-refractivity contribution in [3.8, 4) is 6.07 Å². The number of hydrogen-bond donors (Lipinski definition) is 0. The molecule has 1 aliphatic rings. The van der Waals surface area contributed by atoms with Gasteiger partial charge in [-0.1, -0.05) is 0 Å². The molecule has 1 rings (SSSR count). The second kappa shape index (κ2) is 3.63. The molecule has 0 saturated heterocycles. The number of nitrogens with zero attached hydrogens (tertiary/aromatic N) is 1. The van der Waals surface area contributed by atoms with Crippen molar-refractivity contribution >= 4 is 0 Å².